The molecule has 1 aromatic carbocycles. The molecule has 0 saturated heterocycles. The third kappa shape index (κ3) is 3.57. The summed E-state index contributed by atoms with van der Waals surface area (Å²) in [7, 11) is 0. The van der Waals surface area contributed by atoms with Gasteiger partial charge in [-0.05, 0) is 25.3 Å². The predicted molar refractivity (Wildman–Crippen MR) is 77.6 cm³/mol. The summed E-state index contributed by atoms with van der Waals surface area (Å²) in [5.74, 6) is -0.0643. The average Bonchev–Trinajstić information content (AvgIpc) is 2.68. The van der Waals surface area contributed by atoms with Gasteiger partial charge in [0.05, 0.1) is 0 Å². The molecule has 104 valence electrons. The van der Waals surface area contributed by atoms with Crippen LogP contribution in [0.5, 0.6) is 0 Å². The smallest absolute Gasteiger partial charge is 0.244 e. The number of hydrogen-bond donors (Lipinski definition) is 2. The maximum absolute atomic E-state index is 12.4. The Hall–Kier alpha value is -1.35. The minimum atomic E-state index is -0.951. The molecule has 1 fully saturated rings. The molecular formula is C16H24N2O. The molecular weight excluding hydrogens is 236 g/mol. The van der Waals surface area contributed by atoms with E-state index in [0.717, 1.165) is 18.4 Å². The Bertz CT molecular complexity index is 406. The lowest BCUT2D eigenvalue weighted by Crippen LogP contribution is -2.51. The molecule has 0 radical (unpaired) electrons. The first kappa shape index (κ1) is 14.1. The predicted octanol–water partition coefficient (Wildman–Crippen LogP) is 2.70. The van der Waals surface area contributed by atoms with Crippen molar-refractivity contribution in [1.82, 2.24) is 5.32 Å². The fraction of sp³-hybridized carbons (Fsp3) is 0.562. The Morgan fingerprint density at radius 3 is 2.32 bits per heavy atom. The summed E-state index contributed by atoms with van der Waals surface area (Å²) in [4.78, 5) is 12.4. The van der Waals surface area contributed by atoms with Gasteiger partial charge in [0.2, 0.25) is 5.91 Å². The highest BCUT2D eigenvalue weighted by Crippen LogP contribution is 2.21. The van der Waals surface area contributed by atoms with Crippen LogP contribution >= 0.6 is 0 Å². The van der Waals surface area contributed by atoms with E-state index >= 15 is 0 Å². The van der Waals surface area contributed by atoms with Gasteiger partial charge in [-0.15, -0.1) is 0 Å². The Labute approximate surface area is 115 Å². The summed E-state index contributed by atoms with van der Waals surface area (Å²) in [6, 6.07) is 9.88. The highest BCUT2D eigenvalue weighted by Gasteiger charge is 2.31. The Morgan fingerprint density at radius 1 is 1.16 bits per heavy atom. The minimum absolute atomic E-state index is 0.0643. The van der Waals surface area contributed by atoms with Gasteiger partial charge in [0.1, 0.15) is 5.54 Å². The second-order valence-electron chi connectivity index (χ2n) is 5.73. The summed E-state index contributed by atoms with van der Waals surface area (Å²) in [5.41, 5.74) is 6.14. The van der Waals surface area contributed by atoms with Crippen LogP contribution in [0, 0.1) is 0 Å². The molecule has 0 spiro atoms. The molecule has 1 aliphatic carbocycles. The van der Waals surface area contributed by atoms with Crippen molar-refractivity contribution in [2.75, 3.05) is 0 Å². The first-order valence-corrected chi connectivity index (χ1v) is 7.26. The zero-order chi connectivity index (χ0) is 13.7. The number of carbonyl (C=O) groups is 1. The number of amides is 1. The first-order valence-electron chi connectivity index (χ1n) is 7.26. The number of carbonyl (C=O) groups excluding carboxylic acids is 1. The van der Waals surface area contributed by atoms with E-state index in [1.165, 1.54) is 25.7 Å². The third-order valence-electron chi connectivity index (χ3n) is 4.04. The fourth-order valence-electron chi connectivity index (χ4n) is 2.67. The van der Waals surface area contributed by atoms with Crippen LogP contribution in [0.2, 0.25) is 0 Å². The summed E-state index contributed by atoms with van der Waals surface area (Å²) in [5, 5.41) is 3.13. The SMILES string of the molecule is CC(N)(C(=O)NC1CCCCCC1)c1ccccc1. The van der Waals surface area contributed by atoms with E-state index in [2.05, 4.69) is 5.32 Å². The summed E-state index contributed by atoms with van der Waals surface area (Å²) in [6.07, 6.45) is 7.14. The molecule has 3 heteroatoms. The van der Waals surface area contributed by atoms with Crippen LogP contribution in [0.1, 0.15) is 51.0 Å². The van der Waals surface area contributed by atoms with Gasteiger partial charge in [-0.1, -0.05) is 56.0 Å². The Balaban J connectivity index is 2.02. The van der Waals surface area contributed by atoms with Crippen molar-refractivity contribution in [2.45, 2.75) is 57.0 Å². The van der Waals surface area contributed by atoms with E-state index in [9.17, 15) is 4.79 Å². The Morgan fingerprint density at radius 2 is 1.74 bits per heavy atom. The highest BCUT2D eigenvalue weighted by molar-refractivity contribution is 5.87. The van der Waals surface area contributed by atoms with Crippen LogP contribution in [0.15, 0.2) is 30.3 Å². The lowest BCUT2D eigenvalue weighted by atomic mass is 9.91. The number of hydrogen-bond acceptors (Lipinski definition) is 2. The summed E-state index contributed by atoms with van der Waals surface area (Å²) >= 11 is 0. The number of rotatable bonds is 3. The van der Waals surface area contributed by atoms with Crippen LogP contribution in [0.3, 0.4) is 0 Å². The molecule has 1 aliphatic rings. The van der Waals surface area contributed by atoms with Crippen LogP contribution < -0.4 is 11.1 Å². The van der Waals surface area contributed by atoms with Gasteiger partial charge in [-0.2, -0.15) is 0 Å². The van der Waals surface area contributed by atoms with Gasteiger partial charge >= 0.3 is 0 Å². The fourth-order valence-corrected chi connectivity index (χ4v) is 2.67. The number of benzene rings is 1. The molecule has 1 aromatic rings. The average molecular weight is 260 g/mol. The molecule has 0 heterocycles. The van der Waals surface area contributed by atoms with Gasteiger partial charge in [-0.3, -0.25) is 4.79 Å². The molecule has 0 bridgehead atoms. The molecule has 3 nitrogen and oxygen atoms in total. The van der Waals surface area contributed by atoms with Gasteiger partial charge in [0, 0.05) is 6.04 Å². The van der Waals surface area contributed by atoms with Crippen LogP contribution in [-0.4, -0.2) is 11.9 Å². The maximum Gasteiger partial charge on any atom is 0.244 e. The molecule has 1 amide bonds. The number of nitrogens with one attached hydrogen (secondary N) is 1. The van der Waals surface area contributed by atoms with Crippen LogP contribution in [0.25, 0.3) is 0 Å². The third-order valence-corrected chi connectivity index (χ3v) is 4.04. The molecule has 19 heavy (non-hydrogen) atoms. The molecule has 0 aliphatic heterocycles. The second kappa shape index (κ2) is 6.20. The van der Waals surface area contributed by atoms with E-state index in [4.69, 9.17) is 5.73 Å². The van der Waals surface area contributed by atoms with Crippen molar-refractivity contribution < 1.29 is 4.79 Å². The van der Waals surface area contributed by atoms with Crippen molar-refractivity contribution in [3.8, 4) is 0 Å². The minimum Gasteiger partial charge on any atom is -0.351 e. The molecule has 1 saturated carbocycles. The van der Waals surface area contributed by atoms with E-state index < -0.39 is 5.54 Å². The van der Waals surface area contributed by atoms with E-state index in [1.807, 2.05) is 30.3 Å². The van der Waals surface area contributed by atoms with Crippen molar-refractivity contribution in [3.05, 3.63) is 35.9 Å². The van der Waals surface area contributed by atoms with Crippen molar-refractivity contribution in [1.29, 1.82) is 0 Å². The highest BCUT2D eigenvalue weighted by atomic mass is 16.2. The Kier molecular flexibility index (Phi) is 4.59. The number of nitrogens with two attached hydrogens (primary N) is 1. The molecule has 1 unspecified atom stereocenters. The molecule has 3 N–H and O–H groups in total. The van der Waals surface area contributed by atoms with Crippen LogP contribution in [0.4, 0.5) is 0 Å². The summed E-state index contributed by atoms with van der Waals surface area (Å²) < 4.78 is 0. The normalized spacial score (nSPS) is 20.3. The van der Waals surface area contributed by atoms with Crippen LogP contribution in [-0.2, 0) is 10.3 Å². The zero-order valence-corrected chi connectivity index (χ0v) is 11.7. The van der Waals surface area contributed by atoms with Gasteiger partial charge in [-0.25, -0.2) is 0 Å². The zero-order valence-electron chi connectivity index (χ0n) is 11.7. The monoisotopic (exact) mass is 260 g/mol. The van der Waals surface area contributed by atoms with E-state index in [0.29, 0.717) is 6.04 Å². The lowest BCUT2D eigenvalue weighted by Gasteiger charge is -2.27. The topological polar surface area (TPSA) is 55.1 Å². The molecule has 1 atom stereocenters. The van der Waals surface area contributed by atoms with Crippen molar-refractivity contribution in [2.24, 2.45) is 5.73 Å². The first-order chi connectivity index (χ1) is 9.10. The van der Waals surface area contributed by atoms with Crippen molar-refractivity contribution in [3.63, 3.8) is 0 Å². The van der Waals surface area contributed by atoms with E-state index in [-0.39, 0.29) is 5.91 Å². The molecule has 2 rings (SSSR count). The largest absolute Gasteiger partial charge is 0.351 e. The van der Waals surface area contributed by atoms with Crippen molar-refractivity contribution >= 4 is 5.91 Å². The van der Waals surface area contributed by atoms with Gasteiger partial charge in [0.15, 0.2) is 0 Å². The lowest BCUT2D eigenvalue weighted by molar-refractivity contribution is -0.126. The standard InChI is InChI=1S/C16H24N2O/c1-16(17,13-9-5-4-6-10-13)15(19)18-14-11-7-2-3-8-12-14/h4-6,9-10,14H,2-3,7-8,11-12,17H2,1H3,(H,18,19). The quantitative estimate of drug-likeness (QED) is 0.821. The molecule has 0 aromatic heterocycles. The maximum atomic E-state index is 12.4. The second-order valence-corrected chi connectivity index (χ2v) is 5.73. The summed E-state index contributed by atoms with van der Waals surface area (Å²) in [6.45, 7) is 1.79. The van der Waals surface area contributed by atoms with Gasteiger partial charge in [0.25, 0.3) is 0 Å². The van der Waals surface area contributed by atoms with Gasteiger partial charge < -0.3 is 11.1 Å². The van der Waals surface area contributed by atoms with E-state index in [1.54, 1.807) is 6.92 Å².